The van der Waals surface area contributed by atoms with Gasteiger partial charge in [0.15, 0.2) is 0 Å². The van der Waals surface area contributed by atoms with E-state index in [0.29, 0.717) is 0 Å². The molecule has 0 amide bonds. The van der Waals surface area contributed by atoms with Crippen molar-refractivity contribution in [3.05, 3.63) is 70.6 Å². The van der Waals surface area contributed by atoms with E-state index in [4.69, 9.17) is 21.0 Å². The number of aromatic nitrogens is 2. The predicted molar refractivity (Wildman–Crippen MR) is 149 cm³/mol. The molecule has 4 aromatic heterocycles. The molecule has 0 unspecified atom stereocenters. The van der Waals surface area contributed by atoms with Crippen molar-refractivity contribution in [2.24, 2.45) is 14.1 Å². The van der Waals surface area contributed by atoms with E-state index in [1.807, 2.05) is 71.8 Å². The Bertz CT molecular complexity index is 1670. The maximum Gasteiger partial charge on any atom is 0.131 e. The van der Waals surface area contributed by atoms with Crippen molar-refractivity contribution < 1.29 is 0 Å². The summed E-state index contributed by atoms with van der Waals surface area (Å²) in [7, 11) is 3.88. The van der Waals surface area contributed by atoms with Crippen LogP contribution in [0.15, 0.2) is 53.6 Å². The van der Waals surface area contributed by atoms with Crippen LogP contribution in [0.2, 0.25) is 0 Å². The van der Waals surface area contributed by atoms with Gasteiger partial charge in [-0.2, -0.15) is 21.0 Å². The minimum atomic E-state index is 0.0748. The molecule has 0 bridgehead atoms. The largest absolute Gasteiger partial charge is 0.343 e. The number of nitriles is 4. The highest BCUT2D eigenvalue weighted by Crippen LogP contribution is 2.44. The molecule has 0 saturated heterocycles. The summed E-state index contributed by atoms with van der Waals surface area (Å²) in [5.41, 5.74) is 5.12. The van der Waals surface area contributed by atoms with Crippen LogP contribution >= 0.6 is 22.7 Å². The predicted octanol–water partition coefficient (Wildman–Crippen LogP) is 7.30. The lowest BCUT2D eigenvalue weighted by Gasteiger charge is -2.03. The summed E-state index contributed by atoms with van der Waals surface area (Å²) in [4.78, 5) is 4.68. The zero-order valence-corrected chi connectivity index (χ0v) is 22.2. The molecule has 0 aromatic carbocycles. The Hall–Kier alpha value is -4.60. The molecule has 4 aromatic rings. The van der Waals surface area contributed by atoms with Crippen molar-refractivity contribution in [2.75, 3.05) is 0 Å². The average molecular weight is 519 g/mol. The summed E-state index contributed by atoms with van der Waals surface area (Å²) < 4.78 is 4.00. The molecule has 0 radical (unpaired) electrons. The molecule has 180 valence electrons. The number of rotatable bonds is 7. The van der Waals surface area contributed by atoms with Gasteiger partial charge in [0.2, 0.25) is 0 Å². The zero-order valence-electron chi connectivity index (χ0n) is 20.6. The maximum absolute atomic E-state index is 9.11. The Morgan fingerprint density at radius 2 is 1.24 bits per heavy atom. The summed E-state index contributed by atoms with van der Waals surface area (Å²) in [5.74, 6) is 0. The van der Waals surface area contributed by atoms with Gasteiger partial charge in [0.05, 0.1) is 21.1 Å². The van der Waals surface area contributed by atoms with E-state index >= 15 is 0 Å². The second-order valence-electron chi connectivity index (χ2n) is 8.35. The first-order chi connectivity index (χ1) is 17.9. The highest BCUT2D eigenvalue weighted by atomic mass is 32.1. The molecular formula is C29H22N6S2. The van der Waals surface area contributed by atoms with Crippen molar-refractivity contribution in [1.29, 1.82) is 21.0 Å². The maximum atomic E-state index is 9.11. The lowest BCUT2D eigenvalue weighted by molar-refractivity contribution is 0.920. The third-order valence-electron chi connectivity index (χ3n) is 6.05. The lowest BCUT2D eigenvalue weighted by Crippen LogP contribution is -1.93. The standard InChI is InChI=1S/C29H22N6S2/c1-4-5-21-14-28(25-9-7-23(35(25)3)13-20(17-32)18-33)37-29(21)27-11-10-26(36-27)24-8-6-22(34(24)2)12-19(15-30)16-31/h6-14H,4-5H2,1-3H3. The average Bonchev–Trinajstić information content (AvgIpc) is 3.69. The molecule has 0 aliphatic rings. The molecule has 0 N–H and O–H groups in total. The number of aryl methyl sites for hydroxylation is 1. The Kier molecular flexibility index (Phi) is 7.57. The van der Waals surface area contributed by atoms with E-state index in [9.17, 15) is 0 Å². The van der Waals surface area contributed by atoms with Crippen LogP contribution in [0, 0.1) is 45.3 Å². The zero-order chi connectivity index (χ0) is 26.5. The molecule has 0 saturated carbocycles. The van der Waals surface area contributed by atoms with Gasteiger partial charge in [-0.15, -0.1) is 22.7 Å². The SMILES string of the molecule is CCCc1cc(-c2ccc(C=C(C#N)C#N)n2C)sc1-c1ccc(-c2ccc(C=C(C#N)C#N)n2C)s1. The molecule has 4 rings (SSSR count). The van der Waals surface area contributed by atoms with Crippen LogP contribution in [0.5, 0.6) is 0 Å². The molecule has 37 heavy (non-hydrogen) atoms. The highest BCUT2D eigenvalue weighted by Gasteiger charge is 2.17. The van der Waals surface area contributed by atoms with Crippen molar-refractivity contribution in [1.82, 2.24) is 9.13 Å². The quantitative estimate of drug-likeness (QED) is 0.239. The number of hydrogen-bond acceptors (Lipinski definition) is 6. The first kappa shape index (κ1) is 25.5. The Morgan fingerprint density at radius 3 is 1.76 bits per heavy atom. The van der Waals surface area contributed by atoms with Gasteiger partial charge in [-0.1, -0.05) is 13.3 Å². The first-order valence-electron chi connectivity index (χ1n) is 11.5. The van der Waals surface area contributed by atoms with Gasteiger partial charge in [0.1, 0.15) is 35.4 Å². The van der Waals surface area contributed by atoms with Crippen molar-refractivity contribution in [3.63, 3.8) is 0 Å². The molecule has 0 atom stereocenters. The number of nitrogens with zero attached hydrogens (tertiary/aromatic N) is 6. The molecular weight excluding hydrogens is 496 g/mol. The van der Waals surface area contributed by atoms with Crippen molar-refractivity contribution >= 4 is 34.8 Å². The van der Waals surface area contributed by atoms with E-state index in [2.05, 4.69) is 25.1 Å². The molecule has 0 fully saturated rings. The normalized spacial score (nSPS) is 10.1. The van der Waals surface area contributed by atoms with Crippen LogP contribution in [-0.4, -0.2) is 9.13 Å². The van der Waals surface area contributed by atoms with Crippen LogP contribution in [0.25, 0.3) is 43.0 Å². The van der Waals surface area contributed by atoms with E-state index in [-0.39, 0.29) is 11.1 Å². The Labute approximate surface area is 224 Å². The minimum absolute atomic E-state index is 0.0748. The summed E-state index contributed by atoms with van der Waals surface area (Å²) >= 11 is 3.47. The van der Waals surface area contributed by atoms with E-state index in [1.54, 1.807) is 34.8 Å². The third-order valence-corrected chi connectivity index (χ3v) is 8.54. The minimum Gasteiger partial charge on any atom is -0.343 e. The number of allylic oxidation sites excluding steroid dienone is 2. The number of thiophene rings is 2. The van der Waals surface area contributed by atoms with Gasteiger partial charge in [-0.3, -0.25) is 0 Å². The van der Waals surface area contributed by atoms with Gasteiger partial charge >= 0.3 is 0 Å². The van der Waals surface area contributed by atoms with Crippen molar-refractivity contribution in [3.8, 4) is 55.2 Å². The topological polar surface area (TPSA) is 105 Å². The van der Waals surface area contributed by atoms with E-state index in [1.165, 1.54) is 15.3 Å². The smallest absolute Gasteiger partial charge is 0.131 e. The molecule has 8 heteroatoms. The van der Waals surface area contributed by atoms with Gasteiger partial charge < -0.3 is 9.13 Å². The van der Waals surface area contributed by atoms with Crippen LogP contribution in [-0.2, 0) is 20.5 Å². The highest BCUT2D eigenvalue weighted by molar-refractivity contribution is 7.25. The molecule has 4 heterocycles. The number of hydrogen-bond donors (Lipinski definition) is 0. The van der Waals surface area contributed by atoms with E-state index < -0.39 is 0 Å². The first-order valence-corrected chi connectivity index (χ1v) is 13.2. The second kappa shape index (κ2) is 11.0. The summed E-state index contributed by atoms with van der Waals surface area (Å²) in [5, 5.41) is 36.4. The lowest BCUT2D eigenvalue weighted by atomic mass is 10.1. The Morgan fingerprint density at radius 1 is 0.730 bits per heavy atom. The van der Waals surface area contributed by atoms with Crippen LogP contribution < -0.4 is 0 Å². The summed E-state index contributed by atoms with van der Waals surface area (Å²) in [6.45, 7) is 2.17. The third kappa shape index (κ3) is 5.04. The molecule has 0 aliphatic carbocycles. The second-order valence-corrected chi connectivity index (χ2v) is 10.5. The fraction of sp³-hybridized carbons (Fsp3) is 0.172. The van der Waals surface area contributed by atoms with Gasteiger partial charge in [-0.25, -0.2) is 0 Å². The van der Waals surface area contributed by atoms with E-state index in [0.717, 1.165) is 45.4 Å². The van der Waals surface area contributed by atoms with Crippen LogP contribution in [0.4, 0.5) is 0 Å². The monoisotopic (exact) mass is 518 g/mol. The molecule has 0 aliphatic heterocycles. The fourth-order valence-electron chi connectivity index (χ4n) is 4.13. The Balaban J connectivity index is 1.72. The van der Waals surface area contributed by atoms with Crippen LogP contribution in [0.1, 0.15) is 30.3 Å². The molecule has 0 spiro atoms. The summed E-state index contributed by atoms with van der Waals surface area (Å²) in [6.07, 6.45) is 5.20. The fourth-order valence-corrected chi connectivity index (χ4v) is 6.61. The van der Waals surface area contributed by atoms with Gasteiger partial charge in [-0.05, 0) is 66.6 Å². The van der Waals surface area contributed by atoms with Gasteiger partial charge in [0.25, 0.3) is 0 Å². The van der Waals surface area contributed by atoms with Gasteiger partial charge in [0, 0.05) is 35.2 Å². The van der Waals surface area contributed by atoms with Crippen LogP contribution in [0.3, 0.4) is 0 Å². The molecule has 6 nitrogen and oxygen atoms in total. The summed E-state index contributed by atoms with van der Waals surface area (Å²) in [6, 6.07) is 22.1. The van der Waals surface area contributed by atoms with Crippen molar-refractivity contribution in [2.45, 2.75) is 19.8 Å².